The summed E-state index contributed by atoms with van der Waals surface area (Å²) in [5.41, 5.74) is 1.12. The highest BCUT2D eigenvalue weighted by Crippen LogP contribution is 2.39. The summed E-state index contributed by atoms with van der Waals surface area (Å²) in [5, 5.41) is 4.81. The monoisotopic (exact) mass is 220 g/mol. The Morgan fingerprint density at radius 2 is 2.07 bits per heavy atom. The fourth-order valence-electron chi connectivity index (χ4n) is 1.52. The third kappa shape index (κ3) is 1.61. The van der Waals surface area contributed by atoms with Gasteiger partial charge in [-0.25, -0.2) is 14.6 Å². The number of hydrogen-bond acceptors (Lipinski definition) is 3. The van der Waals surface area contributed by atoms with Crippen molar-refractivity contribution in [3.8, 4) is 5.82 Å². The van der Waals surface area contributed by atoms with Crippen molar-refractivity contribution >= 4 is 11.6 Å². The van der Waals surface area contributed by atoms with Gasteiger partial charge in [0.25, 0.3) is 0 Å². The molecule has 0 N–H and O–H groups in total. The maximum atomic E-state index is 5.93. The first-order valence-corrected chi connectivity index (χ1v) is 5.25. The summed E-state index contributed by atoms with van der Waals surface area (Å²) in [6, 6.07) is 2.02. The molecule has 1 aliphatic carbocycles. The zero-order valence-electron chi connectivity index (χ0n) is 7.97. The molecule has 1 aliphatic rings. The first-order chi connectivity index (χ1) is 7.34. The lowest BCUT2D eigenvalue weighted by molar-refractivity contribution is 0.806. The van der Waals surface area contributed by atoms with E-state index in [4.69, 9.17) is 11.6 Å². The van der Waals surface area contributed by atoms with Gasteiger partial charge in [-0.15, -0.1) is 0 Å². The van der Waals surface area contributed by atoms with E-state index >= 15 is 0 Å². The molecule has 0 spiro atoms. The Balaban J connectivity index is 2.01. The van der Waals surface area contributed by atoms with Gasteiger partial charge >= 0.3 is 0 Å². The van der Waals surface area contributed by atoms with Gasteiger partial charge in [-0.3, -0.25) is 0 Å². The van der Waals surface area contributed by atoms with Crippen molar-refractivity contribution in [2.45, 2.75) is 18.8 Å². The van der Waals surface area contributed by atoms with Gasteiger partial charge in [-0.05, 0) is 18.9 Å². The second kappa shape index (κ2) is 3.31. The van der Waals surface area contributed by atoms with Crippen LogP contribution >= 0.6 is 11.6 Å². The lowest BCUT2D eigenvalue weighted by atomic mass is 10.3. The van der Waals surface area contributed by atoms with Crippen molar-refractivity contribution in [2.24, 2.45) is 0 Å². The van der Waals surface area contributed by atoms with Crippen LogP contribution in [0, 0.1) is 0 Å². The van der Waals surface area contributed by atoms with E-state index in [1.165, 1.54) is 12.8 Å². The van der Waals surface area contributed by atoms with Crippen molar-refractivity contribution in [2.75, 3.05) is 0 Å². The average molecular weight is 221 g/mol. The number of aromatic nitrogens is 4. The molecular weight excluding hydrogens is 212 g/mol. The van der Waals surface area contributed by atoms with E-state index in [-0.39, 0.29) is 0 Å². The number of halogens is 1. The highest BCUT2D eigenvalue weighted by Gasteiger charge is 2.26. The van der Waals surface area contributed by atoms with Gasteiger partial charge in [0.2, 0.25) is 0 Å². The Kier molecular flexibility index (Phi) is 1.95. The SMILES string of the molecule is Clc1nccnc1-n1ccc(C2CC2)n1. The van der Waals surface area contributed by atoms with Crippen LogP contribution in [0.5, 0.6) is 0 Å². The summed E-state index contributed by atoms with van der Waals surface area (Å²) in [6.07, 6.45) is 7.54. The third-order valence-electron chi connectivity index (χ3n) is 2.46. The fraction of sp³-hybridized carbons (Fsp3) is 0.300. The zero-order valence-corrected chi connectivity index (χ0v) is 8.72. The topological polar surface area (TPSA) is 43.6 Å². The Hall–Kier alpha value is -1.42. The Morgan fingerprint density at radius 1 is 1.27 bits per heavy atom. The second-order valence-corrected chi connectivity index (χ2v) is 3.99. The van der Waals surface area contributed by atoms with Crippen LogP contribution in [0.15, 0.2) is 24.7 Å². The predicted octanol–water partition coefficient (Wildman–Crippen LogP) is 2.19. The molecule has 76 valence electrons. The Labute approximate surface area is 91.9 Å². The molecule has 0 aliphatic heterocycles. The largest absolute Gasteiger partial charge is 0.239 e. The van der Waals surface area contributed by atoms with Crippen LogP contribution in [0.2, 0.25) is 5.15 Å². The normalized spacial score (nSPS) is 15.5. The molecule has 0 atom stereocenters. The van der Waals surface area contributed by atoms with Crippen molar-refractivity contribution in [3.63, 3.8) is 0 Å². The van der Waals surface area contributed by atoms with E-state index in [0.717, 1.165) is 5.69 Å². The molecule has 0 aromatic carbocycles. The minimum Gasteiger partial charge on any atom is -0.239 e. The maximum Gasteiger partial charge on any atom is 0.191 e. The highest BCUT2D eigenvalue weighted by molar-refractivity contribution is 6.30. The fourth-order valence-corrected chi connectivity index (χ4v) is 1.71. The zero-order chi connectivity index (χ0) is 10.3. The van der Waals surface area contributed by atoms with E-state index in [2.05, 4.69) is 15.1 Å². The van der Waals surface area contributed by atoms with Crippen molar-refractivity contribution < 1.29 is 0 Å². The average Bonchev–Trinajstić information content (AvgIpc) is 2.99. The number of nitrogens with zero attached hydrogens (tertiary/aromatic N) is 4. The predicted molar refractivity (Wildman–Crippen MR) is 56.1 cm³/mol. The molecule has 4 nitrogen and oxygen atoms in total. The molecule has 0 bridgehead atoms. The minimum absolute atomic E-state index is 0.378. The van der Waals surface area contributed by atoms with Crippen LogP contribution in [0.4, 0.5) is 0 Å². The molecule has 0 unspecified atom stereocenters. The van der Waals surface area contributed by atoms with E-state index < -0.39 is 0 Å². The van der Waals surface area contributed by atoms with Gasteiger partial charge in [0.05, 0.1) is 5.69 Å². The van der Waals surface area contributed by atoms with Crippen LogP contribution in [0.1, 0.15) is 24.5 Å². The van der Waals surface area contributed by atoms with Crippen molar-refractivity contribution in [1.29, 1.82) is 0 Å². The van der Waals surface area contributed by atoms with Crippen LogP contribution in [-0.2, 0) is 0 Å². The molecule has 0 radical (unpaired) electrons. The molecule has 15 heavy (non-hydrogen) atoms. The van der Waals surface area contributed by atoms with E-state index in [1.54, 1.807) is 17.1 Å². The van der Waals surface area contributed by atoms with Crippen molar-refractivity contribution in [1.82, 2.24) is 19.7 Å². The van der Waals surface area contributed by atoms with Gasteiger partial charge in [-0.1, -0.05) is 11.6 Å². The Bertz CT molecular complexity index is 490. The van der Waals surface area contributed by atoms with Crippen LogP contribution in [-0.4, -0.2) is 19.7 Å². The molecule has 2 aromatic heterocycles. The summed E-state index contributed by atoms with van der Waals surface area (Å²) in [7, 11) is 0. The lowest BCUT2D eigenvalue weighted by Gasteiger charge is -2.00. The van der Waals surface area contributed by atoms with Gasteiger partial charge in [0.1, 0.15) is 0 Å². The summed E-state index contributed by atoms with van der Waals surface area (Å²) >= 11 is 5.93. The van der Waals surface area contributed by atoms with Gasteiger partial charge < -0.3 is 0 Å². The molecule has 5 heteroatoms. The second-order valence-electron chi connectivity index (χ2n) is 3.63. The van der Waals surface area contributed by atoms with E-state index in [1.807, 2.05) is 12.3 Å². The van der Waals surface area contributed by atoms with Crippen LogP contribution in [0.3, 0.4) is 0 Å². The molecule has 1 fully saturated rings. The first kappa shape index (κ1) is 8.85. The standard InChI is InChI=1S/C10H9ClN4/c11-9-10(13-5-4-12-9)15-6-3-8(14-15)7-1-2-7/h3-7H,1-2H2. The van der Waals surface area contributed by atoms with E-state index in [0.29, 0.717) is 16.9 Å². The summed E-state index contributed by atoms with van der Waals surface area (Å²) in [5.74, 6) is 1.23. The molecule has 0 saturated heterocycles. The number of hydrogen-bond donors (Lipinski definition) is 0. The third-order valence-corrected chi connectivity index (χ3v) is 2.72. The molecule has 3 rings (SSSR count). The highest BCUT2D eigenvalue weighted by atomic mass is 35.5. The van der Waals surface area contributed by atoms with Gasteiger partial charge in [0.15, 0.2) is 11.0 Å². The van der Waals surface area contributed by atoms with Crippen molar-refractivity contribution in [3.05, 3.63) is 35.5 Å². The number of rotatable bonds is 2. The summed E-state index contributed by atoms with van der Waals surface area (Å²) < 4.78 is 1.68. The Morgan fingerprint density at radius 3 is 2.80 bits per heavy atom. The summed E-state index contributed by atoms with van der Waals surface area (Å²) in [4.78, 5) is 8.11. The minimum atomic E-state index is 0.378. The smallest absolute Gasteiger partial charge is 0.191 e. The van der Waals surface area contributed by atoms with Gasteiger partial charge in [0, 0.05) is 24.5 Å². The lowest BCUT2D eigenvalue weighted by Crippen LogP contribution is -2.00. The molecule has 2 aromatic rings. The molecule has 2 heterocycles. The quantitative estimate of drug-likeness (QED) is 0.779. The first-order valence-electron chi connectivity index (χ1n) is 4.87. The molecule has 0 amide bonds. The molecular formula is C10H9ClN4. The van der Waals surface area contributed by atoms with Crippen LogP contribution < -0.4 is 0 Å². The van der Waals surface area contributed by atoms with E-state index in [9.17, 15) is 0 Å². The van der Waals surface area contributed by atoms with Gasteiger partial charge in [-0.2, -0.15) is 5.10 Å². The van der Waals surface area contributed by atoms with Crippen LogP contribution in [0.25, 0.3) is 5.82 Å². The maximum absolute atomic E-state index is 5.93. The molecule has 1 saturated carbocycles. The summed E-state index contributed by atoms with van der Waals surface area (Å²) in [6.45, 7) is 0.